The van der Waals surface area contributed by atoms with Gasteiger partial charge in [0.05, 0.1) is 0 Å². The van der Waals surface area contributed by atoms with Crippen LogP contribution in [0.1, 0.15) is 40.0 Å². The molecular formula is C11H18. The van der Waals surface area contributed by atoms with Gasteiger partial charge in [-0.25, -0.2) is 0 Å². The Morgan fingerprint density at radius 1 is 1.18 bits per heavy atom. The van der Waals surface area contributed by atoms with Gasteiger partial charge in [0.15, 0.2) is 0 Å². The Morgan fingerprint density at radius 2 is 1.91 bits per heavy atom. The lowest BCUT2D eigenvalue weighted by atomic mass is 9.76. The van der Waals surface area contributed by atoms with Crippen molar-refractivity contribution in [2.24, 2.45) is 17.8 Å². The third-order valence-electron chi connectivity index (χ3n) is 2.76. The zero-order valence-corrected chi connectivity index (χ0v) is 7.85. The molecule has 0 bridgehead atoms. The van der Waals surface area contributed by atoms with Gasteiger partial charge in [0.1, 0.15) is 0 Å². The minimum Gasteiger partial charge on any atom is -0.106 e. The Kier molecular flexibility index (Phi) is 3.00. The fourth-order valence-corrected chi connectivity index (χ4v) is 2.07. The Bertz CT molecular complexity index is 170. The smallest absolute Gasteiger partial charge is 0.0228 e. The van der Waals surface area contributed by atoms with Gasteiger partial charge in [0, 0.05) is 5.92 Å². The fourth-order valence-electron chi connectivity index (χ4n) is 2.07. The molecule has 1 saturated carbocycles. The summed E-state index contributed by atoms with van der Waals surface area (Å²) in [5.74, 6) is 8.78. The second kappa shape index (κ2) is 3.81. The molecular weight excluding hydrogens is 132 g/mol. The molecule has 11 heavy (non-hydrogen) atoms. The van der Waals surface area contributed by atoms with E-state index in [-0.39, 0.29) is 0 Å². The molecule has 0 aromatic heterocycles. The highest BCUT2D eigenvalue weighted by molar-refractivity contribution is 5.03. The second-order valence-electron chi connectivity index (χ2n) is 3.90. The lowest BCUT2D eigenvalue weighted by Crippen LogP contribution is -2.19. The zero-order valence-electron chi connectivity index (χ0n) is 7.85. The molecule has 1 aliphatic rings. The van der Waals surface area contributed by atoms with E-state index >= 15 is 0 Å². The van der Waals surface area contributed by atoms with E-state index in [0.29, 0.717) is 5.92 Å². The van der Waals surface area contributed by atoms with Crippen LogP contribution in [0, 0.1) is 29.6 Å². The van der Waals surface area contributed by atoms with E-state index in [1.165, 1.54) is 19.3 Å². The molecule has 0 nitrogen and oxygen atoms in total. The first-order valence-corrected chi connectivity index (χ1v) is 4.66. The van der Waals surface area contributed by atoms with Crippen LogP contribution in [0.3, 0.4) is 0 Å². The van der Waals surface area contributed by atoms with Crippen molar-refractivity contribution in [1.29, 1.82) is 0 Å². The largest absolute Gasteiger partial charge is 0.106 e. The molecule has 0 aliphatic heterocycles. The lowest BCUT2D eigenvalue weighted by Gasteiger charge is -2.29. The van der Waals surface area contributed by atoms with Gasteiger partial charge in [-0.3, -0.25) is 0 Å². The Labute approximate surface area is 70.4 Å². The van der Waals surface area contributed by atoms with Gasteiger partial charge >= 0.3 is 0 Å². The lowest BCUT2D eigenvalue weighted by molar-refractivity contribution is 0.250. The Balaban J connectivity index is 2.48. The highest BCUT2D eigenvalue weighted by atomic mass is 14.3. The Morgan fingerprint density at radius 3 is 2.45 bits per heavy atom. The van der Waals surface area contributed by atoms with Crippen LogP contribution in [0.2, 0.25) is 0 Å². The summed E-state index contributed by atoms with van der Waals surface area (Å²) in [7, 11) is 0. The first-order chi connectivity index (χ1) is 5.24. The quantitative estimate of drug-likeness (QED) is 0.465. The molecule has 3 unspecified atom stereocenters. The molecule has 62 valence electrons. The van der Waals surface area contributed by atoms with Crippen LogP contribution in [-0.4, -0.2) is 0 Å². The average Bonchev–Trinajstić information content (AvgIpc) is 1.95. The number of hydrogen-bond donors (Lipinski definition) is 0. The third kappa shape index (κ3) is 2.26. The van der Waals surface area contributed by atoms with Gasteiger partial charge in [-0.2, -0.15) is 0 Å². The van der Waals surface area contributed by atoms with Crippen molar-refractivity contribution in [2.45, 2.75) is 40.0 Å². The van der Waals surface area contributed by atoms with Gasteiger partial charge in [-0.05, 0) is 38.0 Å². The highest BCUT2D eigenvalue weighted by Gasteiger charge is 2.23. The van der Waals surface area contributed by atoms with Crippen molar-refractivity contribution in [3.05, 3.63) is 0 Å². The minimum atomic E-state index is 0.691. The summed E-state index contributed by atoms with van der Waals surface area (Å²) in [5, 5.41) is 0. The molecule has 0 amide bonds. The summed E-state index contributed by atoms with van der Waals surface area (Å²) in [6.45, 7) is 6.64. The normalized spacial score (nSPS) is 37.5. The SMILES string of the molecule is CC#CC1CCC(C)CC1C. The monoisotopic (exact) mass is 150 g/mol. The van der Waals surface area contributed by atoms with E-state index in [1.807, 2.05) is 6.92 Å². The number of rotatable bonds is 0. The summed E-state index contributed by atoms with van der Waals surface area (Å²) in [6.07, 6.45) is 4.08. The van der Waals surface area contributed by atoms with Crippen molar-refractivity contribution in [3.63, 3.8) is 0 Å². The minimum absolute atomic E-state index is 0.691. The van der Waals surface area contributed by atoms with Gasteiger partial charge in [0.2, 0.25) is 0 Å². The van der Waals surface area contributed by atoms with Crippen molar-refractivity contribution < 1.29 is 0 Å². The second-order valence-corrected chi connectivity index (χ2v) is 3.90. The molecule has 0 heterocycles. The molecule has 0 saturated heterocycles. The molecule has 3 atom stereocenters. The molecule has 1 rings (SSSR count). The molecule has 0 aromatic carbocycles. The van der Waals surface area contributed by atoms with Crippen LogP contribution in [0.25, 0.3) is 0 Å². The zero-order chi connectivity index (χ0) is 8.27. The van der Waals surface area contributed by atoms with Crippen LogP contribution in [-0.2, 0) is 0 Å². The summed E-state index contributed by atoms with van der Waals surface area (Å²) < 4.78 is 0. The summed E-state index contributed by atoms with van der Waals surface area (Å²) in [6, 6.07) is 0. The van der Waals surface area contributed by atoms with E-state index in [1.54, 1.807) is 0 Å². The van der Waals surface area contributed by atoms with Crippen LogP contribution in [0.15, 0.2) is 0 Å². The van der Waals surface area contributed by atoms with Crippen molar-refractivity contribution in [2.75, 3.05) is 0 Å². The number of hydrogen-bond acceptors (Lipinski definition) is 0. The molecule has 0 spiro atoms. The van der Waals surface area contributed by atoms with Gasteiger partial charge in [-0.1, -0.05) is 19.8 Å². The van der Waals surface area contributed by atoms with E-state index < -0.39 is 0 Å². The van der Waals surface area contributed by atoms with E-state index in [2.05, 4.69) is 25.7 Å². The van der Waals surface area contributed by atoms with Gasteiger partial charge < -0.3 is 0 Å². The standard InChI is InChI=1S/C11H18/c1-4-5-11-7-6-9(2)8-10(11)3/h9-11H,6-8H2,1-3H3. The maximum absolute atomic E-state index is 3.30. The summed E-state index contributed by atoms with van der Waals surface area (Å²) >= 11 is 0. The highest BCUT2D eigenvalue weighted by Crippen LogP contribution is 2.32. The van der Waals surface area contributed by atoms with Crippen molar-refractivity contribution in [1.82, 2.24) is 0 Å². The first kappa shape index (κ1) is 8.65. The van der Waals surface area contributed by atoms with E-state index in [9.17, 15) is 0 Å². The molecule has 0 heteroatoms. The predicted molar refractivity (Wildman–Crippen MR) is 49.1 cm³/mol. The average molecular weight is 150 g/mol. The Hall–Kier alpha value is -0.440. The molecule has 1 aliphatic carbocycles. The molecule has 0 radical (unpaired) electrons. The summed E-state index contributed by atoms with van der Waals surface area (Å²) in [5.41, 5.74) is 0. The van der Waals surface area contributed by atoms with Crippen LogP contribution in [0.5, 0.6) is 0 Å². The van der Waals surface area contributed by atoms with E-state index in [0.717, 1.165) is 11.8 Å². The third-order valence-corrected chi connectivity index (χ3v) is 2.76. The van der Waals surface area contributed by atoms with Crippen molar-refractivity contribution in [3.8, 4) is 11.8 Å². The summed E-state index contributed by atoms with van der Waals surface area (Å²) in [4.78, 5) is 0. The van der Waals surface area contributed by atoms with Gasteiger partial charge in [-0.15, -0.1) is 5.92 Å². The first-order valence-electron chi connectivity index (χ1n) is 4.66. The predicted octanol–water partition coefficient (Wildman–Crippen LogP) is 3.08. The topological polar surface area (TPSA) is 0 Å². The van der Waals surface area contributed by atoms with Gasteiger partial charge in [0.25, 0.3) is 0 Å². The van der Waals surface area contributed by atoms with Crippen molar-refractivity contribution >= 4 is 0 Å². The molecule has 0 aromatic rings. The van der Waals surface area contributed by atoms with Crippen LogP contribution < -0.4 is 0 Å². The molecule has 1 fully saturated rings. The molecule has 0 N–H and O–H groups in total. The van der Waals surface area contributed by atoms with E-state index in [4.69, 9.17) is 0 Å². The maximum Gasteiger partial charge on any atom is 0.0228 e. The maximum atomic E-state index is 3.30. The fraction of sp³-hybridized carbons (Fsp3) is 0.818. The van der Waals surface area contributed by atoms with Crippen LogP contribution in [0.4, 0.5) is 0 Å². The van der Waals surface area contributed by atoms with Crippen LogP contribution >= 0.6 is 0 Å².